The van der Waals surface area contributed by atoms with Gasteiger partial charge in [-0.25, -0.2) is 19.4 Å². The minimum Gasteiger partial charge on any atom is -0.465 e. The number of esters is 2. The van der Waals surface area contributed by atoms with Gasteiger partial charge in [-0.1, -0.05) is 114 Å². The third kappa shape index (κ3) is 13.3. The molecular formula is C39H56FN6O9P. The lowest BCUT2D eigenvalue weighted by Gasteiger charge is -2.30. The van der Waals surface area contributed by atoms with Crippen LogP contribution in [0.5, 0.6) is 0 Å². The average molecular weight is 803 g/mol. The fourth-order valence-corrected chi connectivity index (χ4v) is 7.70. The highest BCUT2D eigenvalue weighted by atomic mass is 31.2. The number of nitrogens with two attached hydrogens (primary N) is 1. The van der Waals surface area contributed by atoms with Gasteiger partial charge in [0.1, 0.15) is 25.0 Å². The number of nitrogens with one attached hydrogen (secondary N) is 1. The Hall–Kier alpha value is -3.97. The number of unbranched alkanes of at least 4 members (excludes halogenated alkanes) is 10. The summed E-state index contributed by atoms with van der Waals surface area (Å²) in [6.07, 6.45) is 15.4. The van der Waals surface area contributed by atoms with Crippen LogP contribution in [0.3, 0.4) is 0 Å². The molecule has 0 amide bonds. The van der Waals surface area contributed by atoms with Crippen molar-refractivity contribution in [1.29, 1.82) is 0 Å². The van der Waals surface area contributed by atoms with Crippen molar-refractivity contribution < 1.29 is 46.9 Å². The summed E-state index contributed by atoms with van der Waals surface area (Å²) in [6, 6.07) is 7.75. The van der Waals surface area contributed by atoms with Crippen molar-refractivity contribution in [1.82, 2.24) is 24.6 Å². The first-order chi connectivity index (χ1) is 27.0. The van der Waals surface area contributed by atoms with Gasteiger partial charge in [-0.15, -0.1) is 6.42 Å². The second-order valence-electron chi connectivity index (χ2n) is 13.9. The number of ether oxygens (including phenoxy) is 3. The lowest BCUT2D eigenvalue weighted by Crippen LogP contribution is -2.44. The van der Waals surface area contributed by atoms with Crippen LogP contribution in [0.15, 0.2) is 36.7 Å². The maximum absolute atomic E-state index is 14.6. The summed E-state index contributed by atoms with van der Waals surface area (Å²) >= 11 is 0. The van der Waals surface area contributed by atoms with Crippen molar-refractivity contribution in [2.24, 2.45) is 0 Å². The van der Waals surface area contributed by atoms with Gasteiger partial charge in [0.25, 0.3) is 0 Å². The van der Waals surface area contributed by atoms with E-state index in [2.05, 4.69) is 39.8 Å². The molecule has 308 valence electrons. The molecule has 1 saturated heterocycles. The van der Waals surface area contributed by atoms with E-state index in [1.54, 1.807) is 24.3 Å². The summed E-state index contributed by atoms with van der Waals surface area (Å²) in [4.78, 5) is 37.7. The number of fused-ring (bicyclic) bond motifs is 1. The molecule has 3 aromatic rings. The number of benzene rings is 1. The van der Waals surface area contributed by atoms with Crippen molar-refractivity contribution in [2.75, 3.05) is 32.2 Å². The van der Waals surface area contributed by atoms with E-state index >= 15 is 0 Å². The molecule has 0 bridgehead atoms. The molecule has 1 fully saturated rings. The molecule has 17 heteroatoms. The van der Waals surface area contributed by atoms with Crippen LogP contribution in [0.2, 0.25) is 0 Å². The number of aliphatic hydroxyl groups is 1. The lowest BCUT2D eigenvalue weighted by molar-refractivity contribution is -0.146. The molecule has 0 spiro atoms. The summed E-state index contributed by atoms with van der Waals surface area (Å²) in [5.74, 6) is 0.708. The number of anilines is 1. The van der Waals surface area contributed by atoms with Gasteiger partial charge < -0.3 is 25.1 Å². The molecule has 1 aliphatic heterocycles. The van der Waals surface area contributed by atoms with Crippen LogP contribution < -0.4 is 10.8 Å². The van der Waals surface area contributed by atoms with E-state index in [1.165, 1.54) is 10.9 Å². The van der Waals surface area contributed by atoms with E-state index in [-0.39, 0.29) is 43.0 Å². The fourth-order valence-electron chi connectivity index (χ4n) is 6.26. The summed E-state index contributed by atoms with van der Waals surface area (Å²) in [7, 11) is -4.65. The Morgan fingerprint density at radius 2 is 1.68 bits per heavy atom. The first-order valence-electron chi connectivity index (χ1n) is 19.5. The molecule has 2 aromatic heterocycles. The number of nitrogens with zero attached hydrogens (tertiary/aromatic N) is 4. The van der Waals surface area contributed by atoms with Crippen LogP contribution in [-0.4, -0.2) is 80.7 Å². The fraction of sp³-hybridized carbons (Fsp3) is 0.615. The Balaban J connectivity index is 1.51. The summed E-state index contributed by atoms with van der Waals surface area (Å²) in [5, 5.41) is 13.9. The van der Waals surface area contributed by atoms with Crippen molar-refractivity contribution in [3.8, 4) is 12.3 Å². The topological polar surface area (TPSA) is 199 Å². The van der Waals surface area contributed by atoms with Crippen LogP contribution in [0.4, 0.5) is 10.2 Å². The van der Waals surface area contributed by atoms with Crippen molar-refractivity contribution >= 4 is 36.7 Å². The molecule has 5 atom stereocenters. The number of hydrogen-bond acceptors (Lipinski definition) is 13. The molecule has 3 heterocycles. The first kappa shape index (κ1) is 44.7. The molecule has 4 rings (SSSR count). The highest BCUT2D eigenvalue weighted by Crippen LogP contribution is 2.48. The maximum atomic E-state index is 14.6. The number of nitrogen functional groups attached to an aromatic ring is 1. The average Bonchev–Trinajstić information content (AvgIpc) is 3.76. The smallest absolute Gasteiger partial charge is 0.406 e. The van der Waals surface area contributed by atoms with E-state index in [1.807, 2.05) is 6.07 Å². The van der Waals surface area contributed by atoms with Crippen LogP contribution in [0.25, 0.3) is 11.2 Å². The van der Waals surface area contributed by atoms with Crippen molar-refractivity contribution in [3.05, 3.63) is 48.3 Å². The zero-order valence-electron chi connectivity index (χ0n) is 32.4. The number of aliphatic hydroxyl groups excluding tert-OH is 1. The Morgan fingerprint density at radius 3 is 2.34 bits per heavy atom. The van der Waals surface area contributed by atoms with Crippen molar-refractivity contribution in [3.63, 3.8) is 0 Å². The first-order valence-corrected chi connectivity index (χ1v) is 21.1. The van der Waals surface area contributed by atoms with E-state index in [4.69, 9.17) is 35.4 Å². The molecular weight excluding hydrogens is 746 g/mol. The molecule has 15 nitrogen and oxygen atoms in total. The third-order valence-corrected chi connectivity index (χ3v) is 11.0. The highest BCUT2D eigenvalue weighted by molar-refractivity contribution is 7.51. The van der Waals surface area contributed by atoms with Crippen LogP contribution in [0.1, 0.15) is 109 Å². The predicted molar refractivity (Wildman–Crippen MR) is 207 cm³/mol. The highest BCUT2D eigenvalue weighted by Gasteiger charge is 2.50. The van der Waals surface area contributed by atoms with Gasteiger partial charge in [-0.2, -0.15) is 14.4 Å². The van der Waals surface area contributed by atoms with Gasteiger partial charge in [0.15, 0.2) is 29.2 Å². The monoisotopic (exact) mass is 802 g/mol. The Kier molecular flexibility index (Phi) is 18.1. The van der Waals surface area contributed by atoms with Gasteiger partial charge in [0.05, 0.1) is 19.5 Å². The minimum absolute atomic E-state index is 0.000640. The number of halogens is 1. The van der Waals surface area contributed by atoms with Gasteiger partial charge in [0, 0.05) is 6.42 Å². The number of terminal acetylenes is 1. The maximum Gasteiger partial charge on any atom is 0.406 e. The summed E-state index contributed by atoms with van der Waals surface area (Å²) < 4.78 is 58.6. The number of carbonyl (C=O) groups is 2. The van der Waals surface area contributed by atoms with E-state index in [0.29, 0.717) is 12.8 Å². The van der Waals surface area contributed by atoms with Gasteiger partial charge in [0.2, 0.25) is 0 Å². The SMILES string of the molecule is C#C[C@]1(COP(=O)(N[C@@H](Cc2ccccc2)C(=O)OCCCCCCCC)OCC(=O)OCCCCCCCC)O[C@@H](n2cnc3c(N)nc(F)nc32)C[C@@H]1O. The van der Waals surface area contributed by atoms with E-state index in [9.17, 15) is 23.7 Å². The lowest BCUT2D eigenvalue weighted by atomic mass is 9.99. The Labute approximate surface area is 328 Å². The Bertz CT molecular complexity index is 1780. The molecule has 0 radical (unpaired) electrons. The number of hydrogen-bond donors (Lipinski definition) is 3. The Morgan fingerprint density at radius 1 is 1.04 bits per heavy atom. The summed E-state index contributed by atoms with van der Waals surface area (Å²) in [6.45, 7) is 3.07. The zero-order chi connectivity index (χ0) is 40.4. The van der Waals surface area contributed by atoms with Crippen molar-refractivity contribution in [2.45, 2.75) is 128 Å². The van der Waals surface area contributed by atoms with Gasteiger partial charge in [-0.05, 0) is 24.8 Å². The molecule has 1 aliphatic rings. The molecule has 4 N–H and O–H groups in total. The largest absolute Gasteiger partial charge is 0.465 e. The van der Waals surface area contributed by atoms with E-state index < -0.39 is 63.0 Å². The second-order valence-corrected chi connectivity index (χ2v) is 15.7. The summed E-state index contributed by atoms with van der Waals surface area (Å²) in [5.41, 5.74) is 4.72. The number of imidazole rings is 1. The molecule has 1 aromatic carbocycles. The zero-order valence-corrected chi connectivity index (χ0v) is 33.3. The van der Waals surface area contributed by atoms with Gasteiger partial charge in [-0.3, -0.25) is 18.4 Å². The minimum atomic E-state index is -4.65. The quantitative estimate of drug-likeness (QED) is 0.0267. The standard InChI is InChI=1S/C39H56FN6O9P/c1-4-7-9-11-13-18-22-51-33(48)26-53-56(50,45-30(24-29-20-16-15-17-21-29)37(49)52-23-19-14-12-10-8-5-2)54-27-39(6-3)31(47)25-32(55-39)46-28-42-34-35(41)43-38(40)44-36(34)46/h3,15-17,20-21,28,30-32,47H,4-5,7-14,18-19,22-27H2,1-2H3,(H,45,50)(H2,41,43,44)/t30-,31-,32+,39+,56?/m0/s1. The molecule has 56 heavy (non-hydrogen) atoms. The third-order valence-electron chi connectivity index (χ3n) is 9.47. The normalized spacial score (nSPS) is 19.7. The predicted octanol–water partition coefficient (Wildman–Crippen LogP) is 6.35. The molecule has 0 aliphatic carbocycles. The van der Waals surface area contributed by atoms with Crippen LogP contribution >= 0.6 is 7.75 Å². The molecule has 1 unspecified atom stereocenters. The number of aromatic nitrogens is 4. The molecule has 0 saturated carbocycles. The van der Waals surface area contributed by atoms with Gasteiger partial charge >= 0.3 is 25.8 Å². The van der Waals surface area contributed by atoms with E-state index in [0.717, 1.165) is 69.8 Å². The van der Waals surface area contributed by atoms with Crippen LogP contribution in [0, 0.1) is 18.4 Å². The van der Waals surface area contributed by atoms with Crippen LogP contribution in [-0.2, 0) is 43.8 Å². The second kappa shape index (κ2) is 22.7. The number of rotatable bonds is 26. The number of carbonyl (C=O) groups excluding carboxylic acids is 2.